The standard InChI is InChI=1S/C13H18N4O/c14-11-1-4-15-7-10(11)13(18)16-12-8-17-5-2-9(12)3-6-17/h1,4,7,9,12H,2-3,5-6,8H2,(H2,14,15)(H,16,18). The Morgan fingerprint density at radius 1 is 1.44 bits per heavy atom. The maximum absolute atomic E-state index is 12.2. The van der Waals surface area contributed by atoms with Crippen molar-refractivity contribution in [3.8, 4) is 0 Å². The van der Waals surface area contributed by atoms with E-state index in [9.17, 15) is 4.79 Å². The van der Waals surface area contributed by atoms with Crippen LogP contribution in [0.5, 0.6) is 0 Å². The van der Waals surface area contributed by atoms with Crippen LogP contribution in [-0.2, 0) is 0 Å². The van der Waals surface area contributed by atoms with Gasteiger partial charge in [-0.15, -0.1) is 0 Å². The summed E-state index contributed by atoms with van der Waals surface area (Å²) in [5, 5.41) is 3.11. The van der Waals surface area contributed by atoms with Crippen molar-refractivity contribution in [2.45, 2.75) is 18.9 Å². The molecule has 0 spiro atoms. The minimum absolute atomic E-state index is 0.0978. The number of fused-ring (bicyclic) bond motifs is 3. The molecule has 3 N–H and O–H groups in total. The molecule has 5 heteroatoms. The normalized spacial score (nSPS) is 30.1. The van der Waals surface area contributed by atoms with Gasteiger partial charge in [0.15, 0.2) is 0 Å². The summed E-state index contributed by atoms with van der Waals surface area (Å²) in [6.07, 6.45) is 5.51. The van der Waals surface area contributed by atoms with E-state index in [0.29, 0.717) is 17.2 Å². The van der Waals surface area contributed by atoms with Gasteiger partial charge in [-0.1, -0.05) is 0 Å². The van der Waals surface area contributed by atoms with Crippen LogP contribution < -0.4 is 11.1 Å². The minimum Gasteiger partial charge on any atom is -0.398 e. The van der Waals surface area contributed by atoms with Gasteiger partial charge in [0.2, 0.25) is 0 Å². The van der Waals surface area contributed by atoms with E-state index >= 15 is 0 Å². The molecule has 0 radical (unpaired) electrons. The van der Waals surface area contributed by atoms with E-state index in [1.807, 2.05) is 0 Å². The quantitative estimate of drug-likeness (QED) is 0.796. The summed E-state index contributed by atoms with van der Waals surface area (Å²) in [7, 11) is 0. The molecule has 4 rings (SSSR count). The number of rotatable bonds is 2. The first-order valence-electron chi connectivity index (χ1n) is 6.47. The number of pyridine rings is 1. The molecule has 2 bridgehead atoms. The Morgan fingerprint density at radius 3 is 2.83 bits per heavy atom. The number of piperidine rings is 3. The molecule has 3 aliphatic rings. The molecule has 1 amide bonds. The summed E-state index contributed by atoms with van der Waals surface area (Å²) in [5.74, 6) is 0.524. The van der Waals surface area contributed by atoms with Gasteiger partial charge in [0.05, 0.1) is 5.56 Å². The lowest BCUT2D eigenvalue weighted by Gasteiger charge is -2.44. The summed E-state index contributed by atoms with van der Waals surface area (Å²) in [6.45, 7) is 3.31. The van der Waals surface area contributed by atoms with Crippen LogP contribution in [0.25, 0.3) is 0 Å². The number of hydrogen-bond donors (Lipinski definition) is 2. The second-order valence-electron chi connectivity index (χ2n) is 5.18. The average molecular weight is 246 g/mol. The zero-order valence-electron chi connectivity index (χ0n) is 10.3. The van der Waals surface area contributed by atoms with Gasteiger partial charge in [-0.25, -0.2) is 0 Å². The molecule has 3 saturated heterocycles. The van der Waals surface area contributed by atoms with E-state index in [1.54, 1.807) is 12.3 Å². The molecule has 3 aliphatic heterocycles. The number of anilines is 1. The first-order chi connectivity index (χ1) is 8.74. The Bertz CT molecular complexity index is 454. The van der Waals surface area contributed by atoms with Crippen molar-refractivity contribution in [3.63, 3.8) is 0 Å². The lowest BCUT2D eigenvalue weighted by atomic mass is 9.84. The van der Waals surface area contributed by atoms with Gasteiger partial charge in [-0.3, -0.25) is 9.78 Å². The fourth-order valence-corrected chi connectivity index (χ4v) is 2.97. The van der Waals surface area contributed by atoms with Crippen molar-refractivity contribution in [2.24, 2.45) is 5.92 Å². The highest BCUT2D eigenvalue weighted by molar-refractivity contribution is 5.98. The summed E-state index contributed by atoms with van der Waals surface area (Å²) in [4.78, 5) is 18.5. The van der Waals surface area contributed by atoms with Crippen LogP contribution in [-0.4, -0.2) is 41.5 Å². The van der Waals surface area contributed by atoms with Gasteiger partial charge in [0.25, 0.3) is 5.91 Å². The van der Waals surface area contributed by atoms with Crippen LogP contribution in [0.2, 0.25) is 0 Å². The predicted molar refractivity (Wildman–Crippen MR) is 69.1 cm³/mol. The van der Waals surface area contributed by atoms with Crippen molar-refractivity contribution >= 4 is 11.6 Å². The molecular weight excluding hydrogens is 228 g/mol. The SMILES string of the molecule is Nc1ccncc1C(=O)NC1CN2CCC1CC2. The van der Waals surface area contributed by atoms with Crippen molar-refractivity contribution in [1.82, 2.24) is 15.2 Å². The van der Waals surface area contributed by atoms with E-state index in [2.05, 4.69) is 15.2 Å². The predicted octanol–water partition coefficient (Wildman–Crippen LogP) is 0.488. The number of nitrogens with two attached hydrogens (primary N) is 1. The molecule has 18 heavy (non-hydrogen) atoms. The first-order valence-corrected chi connectivity index (χ1v) is 6.47. The van der Waals surface area contributed by atoms with Crippen molar-refractivity contribution in [2.75, 3.05) is 25.4 Å². The first kappa shape index (κ1) is 11.5. The number of nitrogens with one attached hydrogen (secondary N) is 1. The molecule has 3 fully saturated rings. The Morgan fingerprint density at radius 2 is 2.22 bits per heavy atom. The van der Waals surface area contributed by atoms with E-state index in [-0.39, 0.29) is 11.9 Å². The molecule has 1 atom stereocenters. The minimum atomic E-state index is -0.0978. The smallest absolute Gasteiger partial charge is 0.255 e. The van der Waals surface area contributed by atoms with Crippen LogP contribution >= 0.6 is 0 Å². The number of nitrogen functional groups attached to an aromatic ring is 1. The van der Waals surface area contributed by atoms with Crippen LogP contribution in [0.4, 0.5) is 5.69 Å². The third kappa shape index (κ3) is 2.06. The Labute approximate surface area is 106 Å². The number of hydrogen-bond acceptors (Lipinski definition) is 4. The molecule has 96 valence electrons. The Balaban J connectivity index is 1.70. The van der Waals surface area contributed by atoms with Crippen LogP contribution in [0.3, 0.4) is 0 Å². The van der Waals surface area contributed by atoms with Crippen LogP contribution in [0.15, 0.2) is 18.5 Å². The number of aromatic nitrogens is 1. The molecule has 1 aromatic rings. The van der Waals surface area contributed by atoms with Gasteiger partial charge in [-0.2, -0.15) is 0 Å². The van der Waals surface area contributed by atoms with Gasteiger partial charge in [0, 0.05) is 30.7 Å². The topological polar surface area (TPSA) is 71.2 Å². The van der Waals surface area contributed by atoms with Gasteiger partial charge in [-0.05, 0) is 37.9 Å². The Kier molecular flexibility index (Phi) is 2.91. The fraction of sp³-hybridized carbons (Fsp3) is 0.538. The summed E-state index contributed by atoms with van der Waals surface area (Å²) in [5.41, 5.74) is 6.76. The third-order valence-corrected chi connectivity index (χ3v) is 4.07. The highest BCUT2D eigenvalue weighted by Crippen LogP contribution is 2.27. The highest BCUT2D eigenvalue weighted by Gasteiger charge is 2.35. The van der Waals surface area contributed by atoms with E-state index in [4.69, 9.17) is 5.73 Å². The lowest BCUT2D eigenvalue weighted by Crippen LogP contribution is -2.57. The molecular formula is C13H18N4O. The van der Waals surface area contributed by atoms with Crippen LogP contribution in [0.1, 0.15) is 23.2 Å². The van der Waals surface area contributed by atoms with Crippen molar-refractivity contribution in [1.29, 1.82) is 0 Å². The second-order valence-corrected chi connectivity index (χ2v) is 5.18. The largest absolute Gasteiger partial charge is 0.398 e. The molecule has 0 saturated carbocycles. The number of nitrogens with zero attached hydrogens (tertiary/aromatic N) is 2. The molecule has 1 unspecified atom stereocenters. The number of carbonyl (C=O) groups is 1. The zero-order chi connectivity index (χ0) is 12.5. The summed E-state index contributed by atoms with van der Waals surface area (Å²) < 4.78 is 0. The highest BCUT2D eigenvalue weighted by atomic mass is 16.1. The summed E-state index contributed by atoms with van der Waals surface area (Å²) >= 11 is 0. The molecule has 5 nitrogen and oxygen atoms in total. The fourth-order valence-electron chi connectivity index (χ4n) is 2.97. The van der Waals surface area contributed by atoms with E-state index in [0.717, 1.165) is 6.54 Å². The zero-order valence-corrected chi connectivity index (χ0v) is 10.3. The Hall–Kier alpha value is -1.62. The third-order valence-electron chi connectivity index (χ3n) is 4.07. The average Bonchev–Trinajstić information content (AvgIpc) is 2.40. The van der Waals surface area contributed by atoms with E-state index < -0.39 is 0 Å². The monoisotopic (exact) mass is 246 g/mol. The van der Waals surface area contributed by atoms with E-state index in [1.165, 1.54) is 32.1 Å². The maximum Gasteiger partial charge on any atom is 0.255 e. The van der Waals surface area contributed by atoms with Crippen molar-refractivity contribution < 1.29 is 4.79 Å². The molecule has 0 aromatic carbocycles. The van der Waals surface area contributed by atoms with Gasteiger partial charge >= 0.3 is 0 Å². The number of amides is 1. The van der Waals surface area contributed by atoms with Crippen molar-refractivity contribution in [3.05, 3.63) is 24.0 Å². The number of carbonyl (C=O) groups excluding carboxylic acids is 1. The summed E-state index contributed by atoms with van der Waals surface area (Å²) in [6, 6.07) is 1.92. The molecule has 0 aliphatic carbocycles. The van der Waals surface area contributed by atoms with Gasteiger partial charge < -0.3 is 16.0 Å². The van der Waals surface area contributed by atoms with Crippen LogP contribution in [0, 0.1) is 5.92 Å². The second kappa shape index (κ2) is 4.57. The molecule has 1 aromatic heterocycles. The maximum atomic E-state index is 12.2. The molecule has 4 heterocycles. The van der Waals surface area contributed by atoms with Gasteiger partial charge in [0.1, 0.15) is 0 Å². The lowest BCUT2D eigenvalue weighted by molar-refractivity contribution is 0.0621.